The fraction of sp³-hybridized carbons (Fsp3) is 0.364. The van der Waals surface area contributed by atoms with Crippen molar-refractivity contribution in [3.8, 4) is 0 Å². The van der Waals surface area contributed by atoms with Gasteiger partial charge in [-0.15, -0.1) is 0 Å². The van der Waals surface area contributed by atoms with Crippen molar-refractivity contribution in [1.82, 2.24) is 4.98 Å². The Bertz CT molecular complexity index is 495. The number of methoxy groups -OCH3 is 1. The Morgan fingerprint density at radius 1 is 1.56 bits per heavy atom. The molecule has 4 nitrogen and oxygen atoms in total. The first-order valence-electron chi connectivity index (χ1n) is 5.42. The fourth-order valence-electron chi connectivity index (χ4n) is 1.99. The predicted molar refractivity (Wildman–Crippen MR) is 62.2 cm³/mol. The number of hydrogen-bond acceptors (Lipinski definition) is 4. The van der Waals surface area contributed by atoms with Crippen LogP contribution in [-0.2, 0) is 4.74 Å². The van der Waals surface area contributed by atoms with E-state index in [1.807, 2.05) is 6.07 Å². The first-order chi connectivity index (χ1) is 7.78. The van der Waals surface area contributed by atoms with Crippen LogP contribution in [-0.4, -0.2) is 31.0 Å². The molecule has 0 saturated heterocycles. The van der Waals surface area contributed by atoms with Crippen molar-refractivity contribution in [2.24, 2.45) is 10.9 Å². The Morgan fingerprint density at radius 3 is 3.06 bits per heavy atom. The maximum Gasteiger partial charge on any atom is 0.339 e. The molecular formula is C11H11BN2O2. The van der Waals surface area contributed by atoms with Crippen molar-refractivity contribution >= 4 is 30.1 Å². The summed E-state index contributed by atoms with van der Waals surface area (Å²) in [6.45, 7) is 0. The van der Waals surface area contributed by atoms with Crippen molar-refractivity contribution < 1.29 is 9.53 Å². The van der Waals surface area contributed by atoms with Gasteiger partial charge in [0, 0.05) is 6.20 Å². The number of rotatable bonds is 2. The highest BCUT2D eigenvalue weighted by molar-refractivity contribution is 6.88. The standard InChI is InChI=1S/C11H11BN2O2/c1-16-11(15)7-4-8-10(13-5-7)14-9(12-8)6-2-3-6/h4-6,12H,2-3H2,1H3. The van der Waals surface area contributed by atoms with Gasteiger partial charge in [0.05, 0.1) is 12.7 Å². The number of fused-ring (bicyclic) bond motifs is 1. The van der Waals surface area contributed by atoms with E-state index in [9.17, 15) is 4.79 Å². The average Bonchev–Trinajstić information content (AvgIpc) is 3.07. The third-order valence-corrected chi connectivity index (χ3v) is 3.03. The van der Waals surface area contributed by atoms with Gasteiger partial charge in [0.1, 0.15) is 5.82 Å². The van der Waals surface area contributed by atoms with Crippen molar-refractivity contribution in [3.05, 3.63) is 17.8 Å². The predicted octanol–water partition coefficient (Wildman–Crippen LogP) is 0.384. The van der Waals surface area contributed by atoms with E-state index in [0.29, 0.717) is 11.5 Å². The first-order valence-corrected chi connectivity index (χ1v) is 5.42. The van der Waals surface area contributed by atoms with E-state index >= 15 is 0 Å². The lowest BCUT2D eigenvalue weighted by atomic mass is 9.66. The molecule has 0 aromatic carbocycles. The zero-order valence-corrected chi connectivity index (χ0v) is 9.06. The van der Waals surface area contributed by atoms with E-state index in [0.717, 1.165) is 18.6 Å². The molecule has 1 aromatic rings. The molecule has 1 aliphatic carbocycles. The summed E-state index contributed by atoms with van der Waals surface area (Å²) in [6.07, 6.45) is 4.03. The molecule has 5 heteroatoms. The fourth-order valence-corrected chi connectivity index (χ4v) is 1.99. The van der Waals surface area contributed by atoms with E-state index in [2.05, 4.69) is 14.7 Å². The van der Waals surface area contributed by atoms with Gasteiger partial charge in [-0.2, -0.15) is 0 Å². The van der Waals surface area contributed by atoms with Crippen molar-refractivity contribution in [2.75, 3.05) is 7.11 Å². The molecule has 0 radical (unpaired) electrons. The highest BCUT2D eigenvalue weighted by Gasteiger charge is 2.32. The number of carbonyl (C=O) groups excluding carboxylic acids is 1. The van der Waals surface area contributed by atoms with Crippen LogP contribution < -0.4 is 5.46 Å². The van der Waals surface area contributed by atoms with Gasteiger partial charge in [-0.3, -0.25) is 0 Å². The summed E-state index contributed by atoms with van der Waals surface area (Å²) in [5, 5.41) is 0. The maximum absolute atomic E-state index is 11.3. The average molecular weight is 214 g/mol. The molecule has 1 fully saturated rings. The van der Waals surface area contributed by atoms with Gasteiger partial charge in [0.2, 0.25) is 7.28 Å². The van der Waals surface area contributed by atoms with Crippen LogP contribution in [0.4, 0.5) is 5.82 Å². The Morgan fingerprint density at radius 2 is 2.38 bits per heavy atom. The molecule has 0 spiro atoms. The molecule has 2 heterocycles. The number of hydrogen-bond donors (Lipinski definition) is 0. The highest BCUT2D eigenvalue weighted by Crippen LogP contribution is 2.33. The van der Waals surface area contributed by atoms with Gasteiger partial charge in [-0.05, 0) is 35.9 Å². The molecule has 1 aromatic heterocycles. The summed E-state index contributed by atoms with van der Waals surface area (Å²) >= 11 is 0. The number of aromatic nitrogens is 1. The van der Waals surface area contributed by atoms with Crippen LogP contribution in [0.15, 0.2) is 17.3 Å². The third kappa shape index (κ3) is 1.52. The third-order valence-electron chi connectivity index (χ3n) is 3.03. The zero-order valence-electron chi connectivity index (χ0n) is 9.06. The minimum atomic E-state index is -0.338. The van der Waals surface area contributed by atoms with E-state index in [-0.39, 0.29) is 5.97 Å². The molecular weight excluding hydrogens is 203 g/mol. The van der Waals surface area contributed by atoms with Gasteiger partial charge < -0.3 is 4.74 Å². The molecule has 0 bridgehead atoms. The van der Waals surface area contributed by atoms with Crippen molar-refractivity contribution in [3.63, 3.8) is 0 Å². The van der Waals surface area contributed by atoms with Crippen LogP contribution in [0.25, 0.3) is 0 Å². The van der Waals surface area contributed by atoms with Crippen LogP contribution in [0, 0.1) is 5.92 Å². The second-order valence-electron chi connectivity index (χ2n) is 4.25. The Kier molecular flexibility index (Phi) is 2.06. The number of nitrogens with zero attached hydrogens (tertiary/aromatic N) is 2. The second kappa shape index (κ2) is 3.44. The van der Waals surface area contributed by atoms with Crippen LogP contribution >= 0.6 is 0 Å². The second-order valence-corrected chi connectivity index (χ2v) is 4.25. The van der Waals surface area contributed by atoms with Gasteiger partial charge in [0.25, 0.3) is 0 Å². The van der Waals surface area contributed by atoms with Crippen LogP contribution in [0.3, 0.4) is 0 Å². The Balaban J connectivity index is 1.89. The number of carbonyl (C=O) groups is 1. The maximum atomic E-state index is 11.3. The summed E-state index contributed by atoms with van der Waals surface area (Å²) < 4.78 is 4.67. The molecule has 3 rings (SSSR count). The molecule has 80 valence electrons. The van der Waals surface area contributed by atoms with Gasteiger partial charge in [0.15, 0.2) is 0 Å². The lowest BCUT2D eigenvalue weighted by Crippen LogP contribution is -2.21. The molecule has 2 aliphatic rings. The van der Waals surface area contributed by atoms with Gasteiger partial charge in [-0.25, -0.2) is 14.8 Å². The van der Waals surface area contributed by atoms with Gasteiger partial charge in [-0.1, -0.05) is 0 Å². The summed E-state index contributed by atoms with van der Waals surface area (Å²) in [4.78, 5) is 20.0. The molecule has 1 saturated carbocycles. The molecule has 0 unspecified atom stereocenters. The zero-order chi connectivity index (χ0) is 11.1. The number of pyridine rings is 1. The number of aliphatic imine (C=N–C) groups is 1. The largest absolute Gasteiger partial charge is 0.465 e. The van der Waals surface area contributed by atoms with Gasteiger partial charge >= 0.3 is 5.97 Å². The summed E-state index contributed by atoms with van der Waals surface area (Å²) in [5.74, 6) is 1.10. The molecule has 0 amide bonds. The van der Waals surface area contributed by atoms with Crippen LogP contribution in [0.5, 0.6) is 0 Å². The van der Waals surface area contributed by atoms with E-state index in [4.69, 9.17) is 0 Å². The Labute approximate surface area is 94.0 Å². The first kappa shape index (κ1) is 9.57. The molecule has 1 aliphatic heterocycles. The minimum absolute atomic E-state index is 0.338. The highest BCUT2D eigenvalue weighted by atomic mass is 16.5. The smallest absolute Gasteiger partial charge is 0.339 e. The van der Waals surface area contributed by atoms with Crippen LogP contribution in [0.1, 0.15) is 23.2 Å². The van der Waals surface area contributed by atoms with E-state index < -0.39 is 0 Å². The van der Waals surface area contributed by atoms with E-state index in [1.54, 1.807) is 0 Å². The SMILES string of the molecule is COC(=O)c1cnc2c(c1)BC(C1CC1)=N2. The van der Waals surface area contributed by atoms with Crippen LogP contribution in [0.2, 0.25) is 0 Å². The monoisotopic (exact) mass is 214 g/mol. The normalized spacial score (nSPS) is 17.4. The molecule has 0 atom stereocenters. The van der Waals surface area contributed by atoms with Crippen molar-refractivity contribution in [2.45, 2.75) is 12.8 Å². The lowest BCUT2D eigenvalue weighted by Gasteiger charge is -2.00. The summed E-state index contributed by atoms with van der Waals surface area (Å²) in [7, 11) is 2.22. The quantitative estimate of drug-likeness (QED) is 0.528. The Hall–Kier alpha value is -1.65. The molecule has 0 N–H and O–H groups in total. The minimum Gasteiger partial charge on any atom is -0.465 e. The topological polar surface area (TPSA) is 51.5 Å². The van der Waals surface area contributed by atoms with Crippen molar-refractivity contribution in [1.29, 1.82) is 0 Å². The number of esters is 1. The van der Waals surface area contributed by atoms with E-state index in [1.165, 1.54) is 31.8 Å². The molecule has 16 heavy (non-hydrogen) atoms. The number of ether oxygens (including phenoxy) is 1. The summed E-state index contributed by atoms with van der Waals surface area (Å²) in [5.41, 5.74) is 2.78. The lowest BCUT2D eigenvalue weighted by molar-refractivity contribution is 0.0600. The summed E-state index contributed by atoms with van der Waals surface area (Å²) in [6, 6.07) is 1.84.